The van der Waals surface area contributed by atoms with Crippen molar-refractivity contribution in [3.05, 3.63) is 24.3 Å². The second-order valence-electron chi connectivity index (χ2n) is 3.58. The molecule has 1 aliphatic heterocycles. The smallest absolute Gasteiger partial charge is 0.306 e. The minimum atomic E-state index is -0.277. The summed E-state index contributed by atoms with van der Waals surface area (Å²) in [6.45, 7) is 2.00. The van der Waals surface area contributed by atoms with E-state index in [4.69, 9.17) is 4.74 Å². The second kappa shape index (κ2) is 2.47. The maximum atomic E-state index is 10.9. The van der Waals surface area contributed by atoms with Gasteiger partial charge in [0.15, 0.2) is 0 Å². The summed E-state index contributed by atoms with van der Waals surface area (Å²) >= 11 is 0. The molecule has 0 bridgehead atoms. The number of carbonyl (C=O) groups is 1. The van der Waals surface area contributed by atoms with Crippen LogP contribution in [0.4, 0.5) is 0 Å². The van der Waals surface area contributed by atoms with Crippen LogP contribution in [0.2, 0.25) is 0 Å². The van der Waals surface area contributed by atoms with Gasteiger partial charge in [-0.15, -0.1) is 0 Å². The van der Waals surface area contributed by atoms with E-state index < -0.39 is 0 Å². The Bertz CT molecular complexity index is 253. The van der Waals surface area contributed by atoms with Crippen molar-refractivity contribution in [3.8, 4) is 0 Å². The number of hydrogen-bond donors (Lipinski definition) is 0. The molecule has 0 saturated carbocycles. The molecule has 1 unspecified atom stereocenters. The van der Waals surface area contributed by atoms with Crippen molar-refractivity contribution >= 4 is 5.97 Å². The van der Waals surface area contributed by atoms with Gasteiger partial charge in [0, 0.05) is 12.3 Å². The zero-order chi connectivity index (χ0) is 8.60. The van der Waals surface area contributed by atoms with Crippen LogP contribution in [0.5, 0.6) is 0 Å². The van der Waals surface area contributed by atoms with Gasteiger partial charge in [-0.2, -0.15) is 0 Å². The molecule has 0 aromatic rings. The lowest BCUT2D eigenvalue weighted by Crippen LogP contribution is -2.31. The van der Waals surface area contributed by atoms with Crippen molar-refractivity contribution in [1.29, 1.82) is 0 Å². The highest BCUT2D eigenvalue weighted by Gasteiger charge is 2.40. The molecule has 2 nitrogen and oxygen atoms in total. The number of rotatable bonds is 1. The molecule has 1 fully saturated rings. The number of allylic oxidation sites excluding steroid dienone is 2. The first-order chi connectivity index (χ1) is 5.71. The van der Waals surface area contributed by atoms with Crippen LogP contribution < -0.4 is 0 Å². The van der Waals surface area contributed by atoms with Gasteiger partial charge in [0.05, 0.1) is 0 Å². The maximum absolute atomic E-state index is 10.9. The summed E-state index contributed by atoms with van der Waals surface area (Å²) in [5, 5.41) is 0. The number of ether oxygens (including phenoxy) is 1. The zero-order valence-electron chi connectivity index (χ0n) is 7.12. The first kappa shape index (κ1) is 7.59. The van der Waals surface area contributed by atoms with E-state index in [9.17, 15) is 4.79 Å². The first-order valence-electron chi connectivity index (χ1n) is 4.27. The minimum Gasteiger partial charge on any atom is -0.458 e. The average Bonchev–Trinajstić information content (AvgIpc) is 2.59. The van der Waals surface area contributed by atoms with E-state index in [0.29, 0.717) is 6.42 Å². The molecule has 0 amide bonds. The summed E-state index contributed by atoms with van der Waals surface area (Å²) in [6, 6.07) is 0. The van der Waals surface area contributed by atoms with E-state index in [-0.39, 0.29) is 17.5 Å². The maximum Gasteiger partial charge on any atom is 0.306 e. The van der Waals surface area contributed by atoms with Gasteiger partial charge < -0.3 is 4.74 Å². The SMILES string of the molecule is CC1(C2C=CC=C2)CCC(=O)O1. The van der Waals surface area contributed by atoms with Crippen LogP contribution in [0.25, 0.3) is 0 Å². The lowest BCUT2D eigenvalue weighted by atomic mass is 9.88. The van der Waals surface area contributed by atoms with E-state index in [2.05, 4.69) is 12.2 Å². The third-order valence-electron chi connectivity index (χ3n) is 2.63. The quantitative estimate of drug-likeness (QED) is 0.552. The largest absolute Gasteiger partial charge is 0.458 e. The summed E-state index contributed by atoms with van der Waals surface area (Å²) < 4.78 is 5.29. The van der Waals surface area contributed by atoms with Crippen molar-refractivity contribution in [2.45, 2.75) is 25.4 Å². The van der Waals surface area contributed by atoms with E-state index in [1.54, 1.807) is 0 Å². The van der Waals surface area contributed by atoms with Crippen molar-refractivity contribution in [3.63, 3.8) is 0 Å². The Morgan fingerprint density at radius 2 is 2.17 bits per heavy atom. The zero-order valence-corrected chi connectivity index (χ0v) is 7.12. The molecule has 64 valence electrons. The number of carbonyl (C=O) groups excluding carboxylic acids is 1. The molecule has 12 heavy (non-hydrogen) atoms. The topological polar surface area (TPSA) is 26.3 Å². The Morgan fingerprint density at radius 1 is 1.50 bits per heavy atom. The Hall–Kier alpha value is -1.05. The van der Waals surface area contributed by atoms with Gasteiger partial charge in [0.1, 0.15) is 5.60 Å². The molecule has 1 atom stereocenters. The van der Waals surface area contributed by atoms with Crippen LogP contribution in [0, 0.1) is 5.92 Å². The number of esters is 1. The molecule has 1 aliphatic carbocycles. The Kier molecular flexibility index (Phi) is 1.56. The molecule has 2 rings (SSSR count). The molecule has 2 aliphatic rings. The van der Waals surface area contributed by atoms with Gasteiger partial charge in [0.25, 0.3) is 0 Å². The van der Waals surface area contributed by atoms with Gasteiger partial charge >= 0.3 is 5.97 Å². The van der Waals surface area contributed by atoms with Crippen molar-refractivity contribution in [2.75, 3.05) is 0 Å². The normalized spacial score (nSPS) is 34.6. The fraction of sp³-hybridized carbons (Fsp3) is 0.500. The summed E-state index contributed by atoms with van der Waals surface area (Å²) in [6.07, 6.45) is 9.57. The fourth-order valence-electron chi connectivity index (χ4n) is 1.79. The van der Waals surface area contributed by atoms with E-state index >= 15 is 0 Å². The summed E-state index contributed by atoms with van der Waals surface area (Å²) in [4.78, 5) is 10.9. The van der Waals surface area contributed by atoms with E-state index in [1.165, 1.54) is 0 Å². The Morgan fingerprint density at radius 3 is 2.67 bits per heavy atom. The number of hydrogen-bond acceptors (Lipinski definition) is 2. The molecule has 0 aromatic carbocycles. The van der Waals surface area contributed by atoms with Crippen LogP contribution in [0.1, 0.15) is 19.8 Å². The molecule has 0 N–H and O–H groups in total. The van der Waals surface area contributed by atoms with Gasteiger partial charge in [-0.3, -0.25) is 4.79 Å². The standard InChI is InChI=1S/C10H12O2/c1-10(7-6-9(11)12-10)8-4-2-3-5-8/h2-5,8H,6-7H2,1H3. The first-order valence-corrected chi connectivity index (χ1v) is 4.27. The number of cyclic esters (lactones) is 1. The highest BCUT2D eigenvalue weighted by molar-refractivity contribution is 5.72. The lowest BCUT2D eigenvalue weighted by Gasteiger charge is -2.26. The second-order valence-corrected chi connectivity index (χ2v) is 3.58. The molecule has 1 heterocycles. The van der Waals surface area contributed by atoms with Crippen LogP contribution in [-0.2, 0) is 9.53 Å². The van der Waals surface area contributed by atoms with Gasteiger partial charge in [-0.25, -0.2) is 0 Å². The third kappa shape index (κ3) is 1.07. The lowest BCUT2D eigenvalue weighted by molar-refractivity contribution is -0.148. The van der Waals surface area contributed by atoms with Crippen molar-refractivity contribution in [2.24, 2.45) is 5.92 Å². The van der Waals surface area contributed by atoms with Crippen LogP contribution in [-0.4, -0.2) is 11.6 Å². The summed E-state index contributed by atoms with van der Waals surface area (Å²) in [5.74, 6) is 0.218. The minimum absolute atomic E-state index is 0.0637. The van der Waals surface area contributed by atoms with Crippen LogP contribution in [0.3, 0.4) is 0 Å². The van der Waals surface area contributed by atoms with Gasteiger partial charge in [0.2, 0.25) is 0 Å². The van der Waals surface area contributed by atoms with Gasteiger partial charge in [-0.05, 0) is 13.3 Å². The molecular weight excluding hydrogens is 152 g/mol. The average molecular weight is 164 g/mol. The molecular formula is C10H12O2. The highest BCUT2D eigenvalue weighted by atomic mass is 16.6. The van der Waals surface area contributed by atoms with Crippen molar-refractivity contribution in [1.82, 2.24) is 0 Å². The molecule has 0 aromatic heterocycles. The van der Waals surface area contributed by atoms with E-state index in [1.807, 2.05) is 19.1 Å². The molecule has 1 saturated heterocycles. The monoisotopic (exact) mass is 164 g/mol. The van der Waals surface area contributed by atoms with Crippen molar-refractivity contribution < 1.29 is 9.53 Å². The highest BCUT2D eigenvalue weighted by Crippen LogP contribution is 2.36. The fourth-order valence-corrected chi connectivity index (χ4v) is 1.79. The predicted molar refractivity (Wildman–Crippen MR) is 45.5 cm³/mol. The van der Waals surface area contributed by atoms with Gasteiger partial charge in [-0.1, -0.05) is 24.3 Å². The third-order valence-corrected chi connectivity index (χ3v) is 2.63. The predicted octanol–water partition coefficient (Wildman–Crippen LogP) is 1.82. The molecule has 2 heteroatoms. The van der Waals surface area contributed by atoms with Crippen LogP contribution in [0.15, 0.2) is 24.3 Å². The van der Waals surface area contributed by atoms with E-state index in [0.717, 1.165) is 6.42 Å². The Labute approximate surface area is 71.9 Å². The van der Waals surface area contributed by atoms with Crippen LogP contribution >= 0.6 is 0 Å². The summed E-state index contributed by atoms with van der Waals surface area (Å²) in [7, 11) is 0. The summed E-state index contributed by atoms with van der Waals surface area (Å²) in [5.41, 5.74) is -0.277. The molecule has 0 spiro atoms. The molecule has 0 radical (unpaired) electrons. The Balaban J connectivity index is 2.16.